The Kier molecular flexibility index (Phi) is 4.59. The number of aromatic amines is 1. The summed E-state index contributed by atoms with van der Waals surface area (Å²) < 4.78 is 5.63. The van der Waals surface area contributed by atoms with Crippen LogP contribution in [-0.4, -0.2) is 27.9 Å². The second kappa shape index (κ2) is 6.87. The highest BCUT2D eigenvalue weighted by atomic mass is 35.5. The fraction of sp³-hybridized carbons (Fsp3) is 0.222. The molecule has 128 valence electrons. The third-order valence-electron chi connectivity index (χ3n) is 4.27. The van der Waals surface area contributed by atoms with Gasteiger partial charge >= 0.3 is 0 Å². The quantitative estimate of drug-likeness (QED) is 0.614. The lowest BCUT2D eigenvalue weighted by molar-refractivity contribution is 0.343. The summed E-state index contributed by atoms with van der Waals surface area (Å²) in [6.07, 6.45) is 3.95. The summed E-state index contributed by atoms with van der Waals surface area (Å²) in [5.41, 5.74) is 5.96. The van der Waals surface area contributed by atoms with Crippen LogP contribution in [0.25, 0.3) is 16.6 Å². The van der Waals surface area contributed by atoms with E-state index in [9.17, 15) is 0 Å². The van der Waals surface area contributed by atoms with Gasteiger partial charge in [0, 0.05) is 0 Å². The van der Waals surface area contributed by atoms with Gasteiger partial charge in [-0.2, -0.15) is 0 Å². The molecule has 0 radical (unpaired) electrons. The average molecular weight is 395 g/mol. The Morgan fingerprint density at radius 3 is 2.92 bits per heavy atom. The number of aromatic nitrogens is 3. The SMILES string of the molecule is ClCCOc1c(Cl)cc2c(c1Cl)CCC=C2c1ccc2[nH]nnc2c1. The molecule has 0 atom stereocenters. The predicted molar refractivity (Wildman–Crippen MR) is 102 cm³/mol. The number of rotatable bonds is 4. The number of ether oxygens (including phenoxy) is 1. The van der Waals surface area contributed by atoms with E-state index in [1.165, 1.54) is 0 Å². The van der Waals surface area contributed by atoms with Crippen LogP contribution >= 0.6 is 34.8 Å². The Labute approximate surface area is 159 Å². The molecular weight excluding hydrogens is 381 g/mol. The molecule has 0 saturated carbocycles. The van der Waals surface area contributed by atoms with Crippen molar-refractivity contribution in [3.63, 3.8) is 0 Å². The van der Waals surface area contributed by atoms with Gasteiger partial charge in [-0.1, -0.05) is 40.6 Å². The smallest absolute Gasteiger partial charge is 0.156 e. The summed E-state index contributed by atoms with van der Waals surface area (Å²) in [6.45, 7) is 0.366. The van der Waals surface area contributed by atoms with Crippen molar-refractivity contribution in [2.75, 3.05) is 12.5 Å². The van der Waals surface area contributed by atoms with Gasteiger partial charge in [0.05, 0.1) is 21.4 Å². The Morgan fingerprint density at radius 2 is 2.08 bits per heavy atom. The van der Waals surface area contributed by atoms with Gasteiger partial charge in [0.15, 0.2) is 5.75 Å². The molecule has 1 aliphatic rings. The Hall–Kier alpha value is -1.75. The standard InChI is InChI=1S/C18H14Cl3N3O/c19-6-7-25-18-14(20)9-13-11(2-1-3-12(13)17(18)21)10-4-5-15-16(8-10)23-24-22-15/h2,4-5,8-9H,1,3,6-7H2,(H,22,23,24). The van der Waals surface area contributed by atoms with Crippen molar-refractivity contribution in [3.8, 4) is 5.75 Å². The van der Waals surface area contributed by atoms with E-state index in [2.05, 4.69) is 21.5 Å². The number of benzene rings is 2. The van der Waals surface area contributed by atoms with Crippen molar-refractivity contribution in [2.24, 2.45) is 0 Å². The van der Waals surface area contributed by atoms with Crippen molar-refractivity contribution in [1.82, 2.24) is 15.4 Å². The molecule has 0 saturated heterocycles. The molecule has 0 amide bonds. The van der Waals surface area contributed by atoms with Gasteiger partial charge < -0.3 is 4.74 Å². The van der Waals surface area contributed by atoms with E-state index in [4.69, 9.17) is 39.5 Å². The predicted octanol–water partition coefficient (Wildman–Crippen LogP) is 5.26. The van der Waals surface area contributed by atoms with Crippen LogP contribution in [0.2, 0.25) is 10.0 Å². The summed E-state index contributed by atoms with van der Waals surface area (Å²) in [4.78, 5) is 0. The van der Waals surface area contributed by atoms with Gasteiger partial charge in [0.1, 0.15) is 12.1 Å². The minimum atomic E-state index is 0.366. The van der Waals surface area contributed by atoms with Crippen molar-refractivity contribution >= 4 is 51.4 Å². The first-order valence-corrected chi connectivity index (χ1v) is 9.19. The Morgan fingerprint density at radius 1 is 1.20 bits per heavy atom. The van der Waals surface area contributed by atoms with Crippen LogP contribution in [0.3, 0.4) is 0 Å². The highest BCUT2D eigenvalue weighted by Crippen LogP contribution is 2.44. The first-order chi connectivity index (χ1) is 12.2. The topological polar surface area (TPSA) is 50.8 Å². The summed E-state index contributed by atoms with van der Waals surface area (Å²) in [5.74, 6) is 0.892. The number of halogens is 3. The molecule has 2 aromatic carbocycles. The third-order valence-corrected chi connectivity index (χ3v) is 5.11. The second-order valence-corrected chi connectivity index (χ2v) is 6.93. The number of hydrogen-bond acceptors (Lipinski definition) is 3. The molecule has 0 aliphatic heterocycles. The fourth-order valence-electron chi connectivity index (χ4n) is 3.15. The number of nitrogens with one attached hydrogen (secondary N) is 1. The van der Waals surface area contributed by atoms with Crippen LogP contribution in [0.4, 0.5) is 0 Å². The highest BCUT2D eigenvalue weighted by molar-refractivity contribution is 6.38. The number of allylic oxidation sites excluding steroid dienone is 1. The zero-order chi connectivity index (χ0) is 17.4. The first-order valence-electron chi connectivity index (χ1n) is 7.90. The van der Waals surface area contributed by atoms with Gasteiger partial charge in [-0.05, 0) is 53.3 Å². The van der Waals surface area contributed by atoms with E-state index in [0.717, 1.165) is 46.1 Å². The largest absolute Gasteiger partial charge is 0.489 e. The molecule has 1 N–H and O–H groups in total. The molecule has 1 aromatic heterocycles. The zero-order valence-electron chi connectivity index (χ0n) is 13.2. The van der Waals surface area contributed by atoms with Crippen LogP contribution < -0.4 is 4.74 Å². The van der Waals surface area contributed by atoms with Gasteiger partial charge in [0.25, 0.3) is 0 Å². The first kappa shape index (κ1) is 16.7. The Balaban J connectivity index is 1.82. The molecule has 0 spiro atoms. The number of fused-ring (bicyclic) bond motifs is 2. The Bertz CT molecular complexity index is 981. The van der Waals surface area contributed by atoms with Gasteiger partial charge in [-0.15, -0.1) is 16.7 Å². The highest BCUT2D eigenvalue weighted by Gasteiger charge is 2.22. The molecule has 7 heteroatoms. The van der Waals surface area contributed by atoms with E-state index in [1.807, 2.05) is 24.3 Å². The van der Waals surface area contributed by atoms with Crippen LogP contribution in [-0.2, 0) is 6.42 Å². The molecule has 4 rings (SSSR count). The maximum absolute atomic E-state index is 6.59. The molecular formula is C18H14Cl3N3O. The second-order valence-electron chi connectivity index (χ2n) is 5.77. The molecule has 0 fully saturated rings. The lowest BCUT2D eigenvalue weighted by Gasteiger charge is -2.22. The van der Waals surface area contributed by atoms with E-state index in [0.29, 0.717) is 28.3 Å². The lowest BCUT2D eigenvalue weighted by Crippen LogP contribution is -2.06. The maximum Gasteiger partial charge on any atom is 0.156 e. The van der Waals surface area contributed by atoms with E-state index < -0.39 is 0 Å². The van der Waals surface area contributed by atoms with Crippen LogP contribution in [0, 0.1) is 0 Å². The monoisotopic (exact) mass is 393 g/mol. The molecule has 0 bridgehead atoms. The van der Waals surface area contributed by atoms with Gasteiger partial charge in [-0.25, -0.2) is 0 Å². The fourth-order valence-corrected chi connectivity index (χ4v) is 3.89. The van der Waals surface area contributed by atoms with Crippen molar-refractivity contribution < 1.29 is 4.74 Å². The number of H-pyrrole nitrogens is 1. The van der Waals surface area contributed by atoms with Crippen LogP contribution in [0.1, 0.15) is 23.1 Å². The summed E-state index contributed by atoms with van der Waals surface area (Å²) in [7, 11) is 0. The van der Waals surface area contributed by atoms with Crippen molar-refractivity contribution in [3.05, 3.63) is 57.1 Å². The minimum absolute atomic E-state index is 0.366. The summed E-state index contributed by atoms with van der Waals surface area (Å²) in [6, 6.07) is 7.95. The molecule has 1 aliphatic carbocycles. The number of alkyl halides is 1. The maximum atomic E-state index is 6.59. The normalized spacial score (nSPS) is 13.6. The van der Waals surface area contributed by atoms with E-state index >= 15 is 0 Å². The van der Waals surface area contributed by atoms with Gasteiger partial charge in [0.2, 0.25) is 0 Å². The molecule has 1 heterocycles. The zero-order valence-corrected chi connectivity index (χ0v) is 15.4. The van der Waals surface area contributed by atoms with E-state index in [-0.39, 0.29) is 0 Å². The third kappa shape index (κ3) is 2.99. The summed E-state index contributed by atoms with van der Waals surface area (Å²) >= 11 is 18.7. The van der Waals surface area contributed by atoms with Crippen molar-refractivity contribution in [2.45, 2.75) is 12.8 Å². The lowest BCUT2D eigenvalue weighted by atomic mass is 9.86. The summed E-state index contributed by atoms with van der Waals surface area (Å²) in [5, 5.41) is 11.9. The number of nitrogens with zero attached hydrogens (tertiary/aromatic N) is 2. The minimum Gasteiger partial charge on any atom is -0.489 e. The molecule has 0 unspecified atom stereocenters. The van der Waals surface area contributed by atoms with Crippen LogP contribution in [0.15, 0.2) is 30.3 Å². The number of hydrogen-bond donors (Lipinski definition) is 1. The van der Waals surface area contributed by atoms with Crippen molar-refractivity contribution in [1.29, 1.82) is 0 Å². The van der Waals surface area contributed by atoms with Gasteiger partial charge in [-0.3, -0.25) is 5.10 Å². The van der Waals surface area contributed by atoms with E-state index in [1.54, 1.807) is 0 Å². The molecule has 4 nitrogen and oxygen atoms in total. The molecule has 3 aromatic rings. The van der Waals surface area contributed by atoms with Crippen LogP contribution in [0.5, 0.6) is 5.75 Å². The molecule has 25 heavy (non-hydrogen) atoms. The average Bonchev–Trinajstić information content (AvgIpc) is 3.09.